The van der Waals surface area contributed by atoms with E-state index in [0.717, 1.165) is 5.69 Å². The van der Waals surface area contributed by atoms with Gasteiger partial charge >= 0.3 is 0 Å². The van der Waals surface area contributed by atoms with Gasteiger partial charge in [-0.1, -0.05) is 0 Å². The smallest absolute Gasteiger partial charge is 0.253 e. The van der Waals surface area contributed by atoms with Crippen LogP contribution in [0.15, 0.2) is 42.7 Å². The van der Waals surface area contributed by atoms with Crippen LogP contribution in [0, 0.1) is 5.92 Å². The summed E-state index contributed by atoms with van der Waals surface area (Å²) in [6, 6.07) is 8.90. The minimum atomic E-state index is -0.368. The molecule has 2 saturated heterocycles. The zero-order chi connectivity index (χ0) is 22.8. The predicted molar refractivity (Wildman–Crippen MR) is 119 cm³/mol. The quantitative estimate of drug-likeness (QED) is 0.760. The lowest BCUT2D eigenvalue weighted by Gasteiger charge is -2.33. The number of anilines is 1. The zero-order valence-corrected chi connectivity index (χ0v) is 18.2. The number of fused-ring (bicyclic) bond motifs is 1. The number of benzene rings is 1. The number of rotatable bonds is 4. The van der Waals surface area contributed by atoms with Crippen LogP contribution in [0.1, 0.15) is 29.6 Å². The monoisotopic (exact) mass is 450 g/mol. The van der Waals surface area contributed by atoms with Crippen molar-refractivity contribution in [3.05, 3.63) is 48.3 Å². The summed E-state index contributed by atoms with van der Waals surface area (Å²) in [5, 5.41) is 3.02. The molecule has 0 saturated carbocycles. The van der Waals surface area contributed by atoms with Gasteiger partial charge in [0.15, 0.2) is 11.5 Å². The number of piperidine rings is 1. The topological polar surface area (TPSA) is 101 Å². The van der Waals surface area contributed by atoms with Gasteiger partial charge in [-0.25, -0.2) is 0 Å². The van der Waals surface area contributed by atoms with E-state index >= 15 is 0 Å². The number of aromatic nitrogens is 1. The molecule has 2 fully saturated rings. The fourth-order valence-electron chi connectivity index (χ4n) is 4.59. The Morgan fingerprint density at radius 3 is 2.61 bits per heavy atom. The van der Waals surface area contributed by atoms with E-state index in [-0.39, 0.29) is 36.1 Å². The molecule has 1 aromatic carbocycles. The van der Waals surface area contributed by atoms with Crippen molar-refractivity contribution >= 4 is 23.4 Å². The molecule has 0 spiro atoms. The van der Waals surface area contributed by atoms with Gasteiger partial charge in [-0.15, -0.1) is 0 Å². The fraction of sp³-hybridized carbons (Fsp3) is 0.417. The first-order chi connectivity index (χ1) is 16.1. The van der Waals surface area contributed by atoms with Crippen molar-refractivity contribution in [2.75, 3.05) is 37.7 Å². The van der Waals surface area contributed by atoms with E-state index in [1.165, 1.54) is 0 Å². The number of nitrogens with zero attached hydrogens (tertiary/aromatic N) is 3. The molecule has 2 aromatic rings. The molecule has 1 atom stereocenters. The summed E-state index contributed by atoms with van der Waals surface area (Å²) in [7, 11) is 0. The third kappa shape index (κ3) is 4.48. The molecular formula is C24H26N4O5. The molecule has 1 unspecified atom stereocenters. The van der Waals surface area contributed by atoms with Crippen LogP contribution in [-0.2, 0) is 9.59 Å². The summed E-state index contributed by atoms with van der Waals surface area (Å²) in [6.07, 6.45) is 4.74. The highest BCUT2D eigenvalue weighted by atomic mass is 16.6. The summed E-state index contributed by atoms with van der Waals surface area (Å²) in [4.78, 5) is 45.6. The number of amides is 3. The lowest BCUT2D eigenvalue weighted by atomic mass is 10.0. The van der Waals surface area contributed by atoms with Crippen molar-refractivity contribution in [2.45, 2.75) is 25.3 Å². The summed E-state index contributed by atoms with van der Waals surface area (Å²) in [6.45, 7) is 2.46. The minimum Gasteiger partial charge on any atom is -0.486 e. The molecule has 33 heavy (non-hydrogen) atoms. The van der Waals surface area contributed by atoms with E-state index in [2.05, 4.69) is 10.3 Å². The number of carbonyl (C=O) groups excluding carboxylic acids is 3. The van der Waals surface area contributed by atoms with E-state index in [9.17, 15) is 14.4 Å². The summed E-state index contributed by atoms with van der Waals surface area (Å²) in [5.41, 5.74) is 1.25. The molecule has 9 heteroatoms. The highest BCUT2D eigenvalue weighted by Crippen LogP contribution is 2.36. The molecular weight excluding hydrogens is 424 g/mol. The molecule has 0 radical (unpaired) electrons. The second-order valence-corrected chi connectivity index (χ2v) is 8.55. The van der Waals surface area contributed by atoms with Crippen molar-refractivity contribution in [2.24, 2.45) is 5.92 Å². The number of hydrogen-bond donors (Lipinski definition) is 1. The minimum absolute atomic E-state index is 0.000397. The fourth-order valence-corrected chi connectivity index (χ4v) is 4.59. The second-order valence-electron chi connectivity index (χ2n) is 8.55. The Hall–Kier alpha value is -3.62. The van der Waals surface area contributed by atoms with Crippen LogP contribution in [-0.4, -0.2) is 66.5 Å². The van der Waals surface area contributed by atoms with E-state index in [1.807, 2.05) is 11.0 Å². The van der Waals surface area contributed by atoms with Gasteiger partial charge in [-0.3, -0.25) is 19.4 Å². The SMILES string of the molecule is O=C(NC1CCN(C(=O)C2CC(=O)N(c3ccc4c(c3)OCCO4)C2)CC1)c1cccnc1. The molecule has 0 bridgehead atoms. The zero-order valence-electron chi connectivity index (χ0n) is 18.2. The van der Waals surface area contributed by atoms with Crippen molar-refractivity contribution < 1.29 is 23.9 Å². The number of nitrogens with one attached hydrogen (secondary N) is 1. The maximum atomic E-state index is 13.1. The van der Waals surface area contributed by atoms with Crippen LogP contribution in [0.4, 0.5) is 5.69 Å². The molecule has 3 aliphatic rings. The van der Waals surface area contributed by atoms with E-state index in [4.69, 9.17) is 9.47 Å². The highest BCUT2D eigenvalue weighted by molar-refractivity contribution is 6.00. The average Bonchev–Trinajstić information content (AvgIpc) is 3.26. The van der Waals surface area contributed by atoms with Gasteiger partial charge in [0.1, 0.15) is 13.2 Å². The van der Waals surface area contributed by atoms with Crippen molar-refractivity contribution in [3.8, 4) is 11.5 Å². The van der Waals surface area contributed by atoms with Crippen LogP contribution in [0.3, 0.4) is 0 Å². The molecule has 4 heterocycles. The van der Waals surface area contributed by atoms with Gasteiger partial charge in [0.05, 0.1) is 11.5 Å². The Labute approximate surface area is 191 Å². The first kappa shape index (κ1) is 21.2. The van der Waals surface area contributed by atoms with Crippen molar-refractivity contribution in [1.82, 2.24) is 15.2 Å². The third-order valence-electron chi connectivity index (χ3n) is 6.38. The van der Waals surface area contributed by atoms with E-state index in [1.54, 1.807) is 41.6 Å². The summed E-state index contributed by atoms with van der Waals surface area (Å²) >= 11 is 0. The van der Waals surface area contributed by atoms with Gasteiger partial charge in [0.2, 0.25) is 11.8 Å². The Morgan fingerprint density at radius 2 is 1.85 bits per heavy atom. The average molecular weight is 450 g/mol. The maximum absolute atomic E-state index is 13.1. The summed E-state index contributed by atoms with van der Waals surface area (Å²) in [5.74, 6) is 0.708. The Bertz CT molecular complexity index is 1050. The predicted octanol–water partition coefficient (Wildman–Crippen LogP) is 1.63. The highest BCUT2D eigenvalue weighted by Gasteiger charge is 2.38. The molecule has 3 amide bonds. The van der Waals surface area contributed by atoms with Crippen LogP contribution < -0.4 is 19.7 Å². The second kappa shape index (κ2) is 9.09. The molecule has 1 N–H and O–H groups in total. The van der Waals surface area contributed by atoms with Crippen molar-refractivity contribution in [1.29, 1.82) is 0 Å². The van der Waals surface area contributed by atoms with Gasteiger partial charge < -0.3 is 24.6 Å². The van der Waals surface area contributed by atoms with Crippen LogP contribution in [0.5, 0.6) is 11.5 Å². The first-order valence-electron chi connectivity index (χ1n) is 11.3. The van der Waals surface area contributed by atoms with Gasteiger partial charge in [-0.2, -0.15) is 0 Å². The molecule has 0 aliphatic carbocycles. The molecule has 9 nitrogen and oxygen atoms in total. The largest absolute Gasteiger partial charge is 0.486 e. The molecule has 3 aliphatic heterocycles. The first-order valence-corrected chi connectivity index (χ1v) is 11.3. The van der Waals surface area contributed by atoms with E-state index < -0.39 is 0 Å². The molecule has 172 valence electrons. The van der Waals surface area contributed by atoms with E-state index in [0.29, 0.717) is 62.8 Å². The van der Waals surface area contributed by atoms with Gasteiger partial charge in [0, 0.05) is 56.2 Å². The lowest BCUT2D eigenvalue weighted by Crippen LogP contribution is -2.48. The van der Waals surface area contributed by atoms with Crippen LogP contribution in [0.2, 0.25) is 0 Å². The van der Waals surface area contributed by atoms with Gasteiger partial charge in [-0.05, 0) is 37.1 Å². The lowest BCUT2D eigenvalue weighted by molar-refractivity contribution is -0.136. The normalized spacial score (nSPS) is 20.6. The third-order valence-corrected chi connectivity index (χ3v) is 6.38. The number of pyridine rings is 1. The number of carbonyl (C=O) groups is 3. The Balaban J connectivity index is 1.16. The Kier molecular flexibility index (Phi) is 5.85. The Morgan fingerprint density at radius 1 is 1.06 bits per heavy atom. The summed E-state index contributed by atoms with van der Waals surface area (Å²) < 4.78 is 11.2. The number of ether oxygens (including phenoxy) is 2. The van der Waals surface area contributed by atoms with Crippen molar-refractivity contribution in [3.63, 3.8) is 0 Å². The molecule has 1 aromatic heterocycles. The molecule has 5 rings (SSSR count). The maximum Gasteiger partial charge on any atom is 0.253 e. The van der Waals surface area contributed by atoms with Gasteiger partial charge in [0.25, 0.3) is 5.91 Å². The standard InChI is InChI=1S/C24H26N4O5/c29-22-12-17(15-28(22)19-3-4-20-21(13-19)33-11-10-32-20)24(31)27-8-5-18(6-9-27)26-23(30)16-2-1-7-25-14-16/h1-4,7,13-14,17-18H,5-6,8-12,15H2,(H,26,30). The number of hydrogen-bond acceptors (Lipinski definition) is 6. The number of likely N-dealkylation sites (tertiary alicyclic amines) is 1. The van der Waals surface area contributed by atoms with Crippen LogP contribution in [0.25, 0.3) is 0 Å². The van der Waals surface area contributed by atoms with Crippen LogP contribution >= 0.6 is 0 Å².